The molecule has 0 aromatic heterocycles. The van der Waals surface area contributed by atoms with E-state index in [1.54, 1.807) is 7.11 Å². The highest BCUT2D eigenvalue weighted by Crippen LogP contribution is 2.12. The molecule has 0 fully saturated rings. The van der Waals surface area contributed by atoms with Crippen molar-refractivity contribution in [3.63, 3.8) is 0 Å². The van der Waals surface area contributed by atoms with Crippen LogP contribution in [0.5, 0.6) is 5.75 Å². The summed E-state index contributed by atoms with van der Waals surface area (Å²) in [6, 6.07) is 7.79. The summed E-state index contributed by atoms with van der Waals surface area (Å²) in [6.45, 7) is 0.550. The van der Waals surface area contributed by atoms with Crippen LogP contribution in [0.1, 0.15) is 18.4 Å². The molecule has 0 saturated heterocycles. The second-order valence-corrected chi connectivity index (χ2v) is 6.94. The van der Waals surface area contributed by atoms with Gasteiger partial charge in [-0.15, -0.1) is 0 Å². The summed E-state index contributed by atoms with van der Waals surface area (Å²) in [5, 5.41) is 2.72. The van der Waals surface area contributed by atoms with Gasteiger partial charge in [-0.05, 0) is 30.5 Å². The van der Waals surface area contributed by atoms with E-state index in [4.69, 9.17) is 4.74 Å². The molecule has 1 rings (SSSR count). The maximum absolute atomic E-state index is 11.4. The first-order valence-electron chi connectivity index (χ1n) is 6.48. The van der Waals surface area contributed by atoms with Gasteiger partial charge in [0.25, 0.3) is 0 Å². The zero-order chi connectivity index (χ0) is 15.0. The van der Waals surface area contributed by atoms with Crippen molar-refractivity contribution < 1.29 is 17.9 Å². The lowest BCUT2D eigenvalue weighted by Gasteiger charge is -2.06. The minimum absolute atomic E-state index is 0.0291. The van der Waals surface area contributed by atoms with E-state index in [1.807, 2.05) is 24.3 Å². The number of rotatable bonds is 8. The molecule has 0 aliphatic carbocycles. The van der Waals surface area contributed by atoms with Gasteiger partial charge in [0.05, 0.1) is 12.9 Å². The van der Waals surface area contributed by atoms with Gasteiger partial charge in [-0.3, -0.25) is 4.79 Å². The number of ether oxygens (including phenoxy) is 1. The molecular formula is C14H21NO4S. The fourth-order valence-corrected chi connectivity index (χ4v) is 2.24. The molecular weight excluding hydrogens is 278 g/mol. The zero-order valence-electron chi connectivity index (χ0n) is 11.9. The van der Waals surface area contributed by atoms with E-state index >= 15 is 0 Å². The quantitative estimate of drug-likeness (QED) is 0.732. The number of amides is 1. The van der Waals surface area contributed by atoms with Gasteiger partial charge in [0, 0.05) is 19.2 Å². The molecule has 0 heterocycles. The molecule has 0 aliphatic rings. The summed E-state index contributed by atoms with van der Waals surface area (Å²) in [7, 11) is -1.45. The largest absolute Gasteiger partial charge is 0.497 e. The molecule has 0 aliphatic heterocycles. The smallest absolute Gasteiger partial charge is 0.221 e. The van der Waals surface area contributed by atoms with Crippen LogP contribution in [0.4, 0.5) is 0 Å². The third-order valence-electron chi connectivity index (χ3n) is 2.82. The molecule has 1 aromatic rings. The van der Waals surface area contributed by atoms with Crippen LogP contribution in [0.15, 0.2) is 24.3 Å². The van der Waals surface area contributed by atoms with Gasteiger partial charge in [0.1, 0.15) is 15.6 Å². The van der Waals surface area contributed by atoms with Crippen LogP contribution in [0.2, 0.25) is 0 Å². The zero-order valence-corrected chi connectivity index (χ0v) is 12.7. The maximum atomic E-state index is 11.4. The van der Waals surface area contributed by atoms with Crippen LogP contribution in [0.3, 0.4) is 0 Å². The SMILES string of the molecule is COc1ccc(CCCNC(=O)CCS(C)(=O)=O)cc1. The molecule has 6 heteroatoms. The van der Waals surface area contributed by atoms with Crippen molar-refractivity contribution in [2.45, 2.75) is 19.3 Å². The van der Waals surface area contributed by atoms with Gasteiger partial charge < -0.3 is 10.1 Å². The standard InChI is InChI=1S/C14H21NO4S/c1-19-13-7-5-12(6-8-13)4-3-10-15-14(16)9-11-20(2,17)18/h5-8H,3-4,9-11H2,1-2H3,(H,15,16). The molecule has 0 spiro atoms. The highest BCUT2D eigenvalue weighted by Gasteiger charge is 2.07. The minimum atomic E-state index is -3.07. The van der Waals surface area contributed by atoms with E-state index in [2.05, 4.69) is 5.32 Å². The maximum Gasteiger partial charge on any atom is 0.221 e. The Labute approximate surface area is 120 Å². The monoisotopic (exact) mass is 299 g/mol. The predicted octanol–water partition coefficient (Wildman–Crippen LogP) is 1.18. The van der Waals surface area contributed by atoms with E-state index < -0.39 is 9.84 Å². The van der Waals surface area contributed by atoms with Crippen molar-refractivity contribution >= 4 is 15.7 Å². The van der Waals surface area contributed by atoms with Crippen LogP contribution in [-0.2, 0) is 21.1 Å². The second kappa shape index (κ2) is 7.89. The average molecular weight is 299 g/mol. The third kappa shape index (κ3) is 7.13. The van der Waals surface area contributed by atoms with Crippen molar-refractivity contribution in [2.24, 2.45) is 0 Å². The third-order valence-corrected chi connectivity index (χ3v) is 3.77. The van der Waals surface area contributed by atoms with E-state index in [-0.39, 0.29) is 18.1 Å². The Hall–Kier alpha value is -1.56. The molecule has 5 nitrogen and oxygen atoms in total. The molecule has 1 amide bonds. The van der Waals surface area contributed by atoms with Gasteiger partial charge in [-0.2, -0.15) is 0 Å². The molecule has 112 valence electrons. The number of methoxy groups -OCH3 is 1. The lowest BCUT2D eigenvalue weighted by molar-refractivity contribution is -0.120. The molecule has 0 saturated carbocycles. The van der Waals surface area contributed by atoms with Gasteiger partial charge >= 0.3 is 0 Å². The molecule has 0 radical (unpaired) electrons. The van der Waals surface area contributed by atoms with E-state index in [0.717, 1.165) is 24.8 Å². The fourth-order valence-electron chi connectivity index (χ4n) is 1.68. The van der Waals surface area contributed by atoms with Crippen molar-refractivity contribution in [3.05, 3.63) is 29.8 Å². The van der Waals surface area contributed by atoms with Gasteiger partial charge in [-0.1, -0.05) is 12.1 Å². The Morgan fingerprint density at radius 2 is 1.90 bits per heavy atom. The first-order valence-corrected chi connectivity index (χ1v) is 8.54. The minimum Gasteiger partial charge on any atom is -0.497 e. The highest BCUT2D eigenvalue weighted by atomic mass is 32.2. The Kier molecular flexibility index (Phi) is 6.51. The Morgan fingerprint density at radius 3 is 2.45 bits per heavy atom. The number of nitrogens with one attached hydrogen (secondary N) is 1. The molecule has 1 N–H and O–H groups in total. The van der Waals surface area contributed by atoms with Crippen LogP contribution >= 0.6 is 0 Å². The summed E-state index contributed by atoms with van der Waals surface area (Å²) >= 11 is 0. The summed E-state index contributed by atoms with van der Waals surface area (Å²) in [5.41, 5.74) is 1.18. The number of carbonyl (C=O) groups excluding carboxylic acids is 1. The molecule has 0 unspecified atom stereocenters. The van der Waals surface area contributed by atoms with Gasteiger partial charge in [0.2, 0.25) is 5.91 Å². The number of sulfone groups is 1. The van der Waals surface area contributed by atoms with Crippen LogP contribution < -0.4 is 10.1 Å². The summed E-state index contributed by atoms with van der Waals surface area (Å²) < 4.78 is 26.9. The van der Waals surface area contributed by atoms with Crippen molar-refractivity contribution in [1.29, 1.82) is 0 Å². The highest BCUT2D eigenvalue weighted by molar-refractivity contribution is 7.90. The Bertz CT molecular complexity index is 523. The summed E-state index contributed by atoms with van der Waals surface area (Å²) in [5.74, 6) is 0.505. The molecule has 0 bridgehead atoms. The van der Waals surface area contributed by atoms with E-state index in [0.29, 0.717) is 6.54 Å². The van der Waals surface area contributed by atoms with Gasteiger partial charge in [0.15, 0.2) is 0 Å². The molecule has 1 aromatic carbocycles. The average Bonchev–Trinajstić information content (AvgIpc) is 2.41. The van der Waals surface area contributed by atoms with Crippen LogP contribution in [0.25, 0.3) is 0 Å². The Balaban J connectivity index is 2.19. The van der Waals surface area contributed by atoms with Crippen molar-refractivity contribution in [1.82, 2.24) is 5.32 Å². The number of hydrogen-bond donors (Lipinski definition) is 1. The van der Waals surface area contributed by atoms with E-state index in [1.165, 1.54) is 5.56 Å². The topological polar surface area (TPSA) is 72.5 Å². The van der Waals surface area contributed by atoms with Crippen LogP contribution in [0, 0.1) is 0 Å². The summed E-state index contributed by atoms with van der Waals surface area (Å²) in [4.78, 5) is 11.4. The summed E-state index contributed by atoms with van der Waals surface area (Å²) in [6.07, 6.45) is 2.83. The van der Waals surface area contributed by atoms with E-state index in [9.17, 15) is 13.2 Å². The second-order valence-electron chi connectivity index (χ2n) is 4.68. The molecule has 0 atom stereocenters. The van der Waals surface area contributed by atoms with Gasteiger partial charge in [-0.25, -0.2) is 8.42 Å². The lowest BCUT2D eigenvalue weighted by Crippen LogP contribution is -2.26. The normalized spacial score (nSPS) is 11.1. The van der Waals surface area contributed by atoms with Crippen LogP contribution in [-0.4, -0.2) is 40.0 Å². The Morgan fingerprint density at radius 1 is 1.25 bits per heavy atom. The first-order chi connectivity index (χ1) is 9.40. The van der Waals surface area contributed by atoms with Crippen molar-refractivity contribution in [2.75, 3.05) is 25.7 Å². The fraction of sp³-hybridized carbons (Fsp3) is 0.500. The number of aryl methyl sites for hydroxylation is 1. The predicted molar refractivity (Wildman–Crippen MR) is 78.7 cm³/mol. The number of benzene rings is 1. The van der Waals surface area contributed by atoms with Crippen molar-refractivity contribution in [3.8, 4) is 5.75 Å². The number of hydrogen-bond acceptors (Lipinski definition) is 4. The first kappa shape index (κ1) is 16.5. The number of carbonyl (C=O) groups is 1. The lowest BCUT2D eigenvalue weighted by atomic mass is 10.1. The molecule has 20 heavy (non-hydrogen) atoms.